The molecule has 14 nitrogen and oxygen atoms in total. The number of aromatic hydroxyl groups is 4. The van der Waals surface area contributed by atoms with E-state index in [2.05, 4.69) is 5.32 Å². The maximum atomic E-state index is 13.9. The molecule has 14 heteroatoms. The van der Waals surface area contributed by atoms with E-state index in [1.54, 1.807) is 6.92 Å². The first-order valence-corrected chi connectivity index (χ1v) is 13.3. The van der Waals surface area contributed by atoms with Crippen molar-refractivity contribution in [2.45, 2.75) is 27.2 Å². The molecule has 0 unspecified atom stereocenters. The van der Waals surface area contributed by atoms with Crippen molar-refractivity contribution in [1.82, 2.24) is 5.32 Å². The zero-order valence-electron chi connectivity index (χ0n) is 23.7. The number of carboxylic acid groups (broad SMARTS) is 1. The van der Waals surface area contributed by atoms with Gasteiger partial charge < -0.3 is 39.7 Å². The molecule has 230 valence electrons. The molecule has 2 heterocycles. The molecule has 0 saturated carbocycles. The Labute approximate surface area is 250 Å². The largest absolute Gasteiger partial charge is 0.504 e. The van der Waals surface area contributed by atoms with Gasteiger partial charge in [-0.15, -0.1) is 0 Å². The first kappa shape index (κ1) is 30.3. The van der Waals surface area contributed by atoms with Gasteiger partial charge in [0.05, 0.1) is 32.8 Å². The van der Waals surface area contributed by atoms with Crippen LogP contribution in [0.5, 0.6) is 23.0 Å². The standard InChI is InChI=1S/C31H23NO13/c1-4-5-32-30(41)23-22-18(8-16(36)27(23)39)45-29-13(25(22)37)6-12(10(2)33)20(19(29)11(3)34)14-9-44-17-7-15(35)28(40)24(31(42)43)21(17)26(14)38/h6-9,35-36,39-40H,4-5H2,1-3H3,(H,32,41)(H,42,43). The van der Waals surface area contributed by atoms with Crippen molar-refractivity contribution in [2.75, 3.05) is 6.54 Å². The van der Waals surface area contributed by atoms with Crippen molar-refractivity contribution < 1.29 is 53.5 Å². The fourth-order valence-electron chi connectivity index (χ4n) is 5.21. The Morgan fingerprint density at radius 3 is 1.98 bits per heavy atom. The van der Waals surface area contributed by atoms with Crippen LogP contribution in [0.3, 0.4) is 0 Å². The number of rotatable bonds is 7. The van der Waals surface area contributed by atoms with Crippen LogP contribution in [0.25, 0.3) is 44.0 Å². The van der Waals surface area contributed by atoms with Gasteiger partial charge in [0.1, 0.15) is 28.6 Å². The van der Waals surface area contributed by atoms with Gasteiger partial charge in [-0.25, -0.2) is 4.79 Å². The number of hydrogen-bond donors (Lipinski definition) is 6. The van der Waals surface area contributed by atoms with Gasteiger partial charge in [0.25, 0.3) is 5.91 Å². The van der Waals surface area contributed by atoms with Crippen molar-refractivity contribution in [3.8, 4) is 34.1 Å². The number of phenolic OH excluding ortho intramolecular Hbond substituents is 3. The van der Waals surface area contributed by atoms with Gasteiger partial charge in [-0.2, -0.15) is 0 Å². The third kappa shape index (κ3) is 4.59. The molecule has 3 aromatic carbocycles. The SMILES string of the molecule is CCCNC(=O)c1c(O)c(O)cc2oc3c(C(C)=O)c(-c4coc5cc(O)c(O)c(C(=O)O)c5c4=O)c(C(C)=O)cc3c(=O)c12. The molecule has 0 atom stereocenters. The van der Waals surface area contributed by atoms with E-state index in [0.717, 1.165) is 38.3 Å². The van der Waals surface area contributed by atoms with Gasteiger partial charge in [-0.05, 0) is 26.3 Å². The van der Waals surface area contributed by atoms with E-state index in [9.17, 15) is 54.3 Å². The highest BCUT2D eigenvalue weighted by Crippen LogP contribution is 2.40. The highest BCUT2D eigenvalue weighted by Gasteiger charge is 2.31. The minimum atomic E-state index is -1.80. The second kappa shape index (κ2) is 10.8. The van der Waals surface area contributed by atoms with Crippen LogP contribution in [0.1, 0.15) is 68.6 Å². The van der Waals surface area contributed by atoms with Crippen LogP contribution in [0.2, 0.25) is 0 Å². The second-order valence-electron chi connectivity index (χ2n) is 10.1. The highest BCUT2D eigenvalue weighted by molar-refractivity contribution is 6.19. The van der Waals surface area contributed by atoms with Gasteiger partial charge in [-0.1, -0.05) is 6.92 Å². The lowest BCUT2D eigenvalue weighted by Gasteiger charge is -2.16. The fourth-order valence-corrected chi connectivity index (χ4v) is 5.21. The lowest BCUT2D eigenvalue weighted by Crippen LogP contribution is -2.25. The number of ketones is 2. The number of carboxylic acids is 1. The summed E-state index contributed by atoms with van der Waals surface area (Å²) in [5.74, 6) is -8.03. The normalized spacial score (nSPS) is 11.3. The molecule has 1 amide bonds. The van der Waals surface area contributed by atoms with Gasteiger partial charge in [0, 0.05) is 29.8 Å². The Balaban J connectivity index is 2.00. The average Bonchev–Trinajstić information content (AvgIpc) is 2.97. The number of Topliss-reactive ketones (excluding diaryl/α,β-unsaturated/α-hetero) is 2. The summed E-state index contributed by atoms with van der Waals surface area (Å²) < 4.78 is 11.3. The quantitative estimate of drug-likeness (QED) is 0.0866. The summed E-state index contributed by atoms with van der Waals surface area (Å²) in [5, 5.41) is 51.7. The molecule has 45 heavy (non-hydrogen) atoms. The highest BCUT2D eigenvalue weighted by atomic mass is 16.4. The molecule has 0 aliphatic rings. The Morgan fingerprint density at radius 2 is 1.40 bits per heavy atom. The zero-order chi connectivity index (χ0) is 33.1. The molecule has 0 spiro atoms. The third-order valence-electron chi connectivity index (χ3n) is 7.20. The summed E-state index contributed by atoms with van der Waals surface area (Å²) in [6.07, 6.45) is 1.32. The molecule has 5 rings (SSSR count). The molecule has 5 aromatic rings. The van der Waals surface area contributed by atoms with Gasteiger partial charge in [-0.3, -0.25) is 24.0 Å². The number of nitrogens with one attached hydrogen (secondary N) is 1. The Kier molecular flexibility index (Phi) is 7.29. The van der Waals surface area contributed by atoms with E-state index in [1.165, 1.54) is 0 Å². The number of fused-ring (bicyclic) bond motifs is 3. The van der Waals surface area contributed by atoms with E-state index < -0.39 is 118 Å². The summed E-state index contributed by atoms with van der Waals surface area (Å²) in [6.45, 7) is 4.04. The van der Waals surface area contributed by atoms with Crippen molar-refractivity contribution in [2.24, 2.45) is 0 Å². The average molecular weight is 618 g/mol. The second-order valence-corrected chi connectivity index (χ2v) is 10.1. The van der Waals surface area contributed by atoms with Gasteiger partial charge >= 0.3 is 5.97 Å². The van der Waals surface area contributed by atoms with Crippen LogP contribution < -0.4 is 16.2 Å². The molecule has 0 fully saturated rings. The first-order chi connectivity index (χ1) is 21.2. The topological polar surface area (TPSA) is 242 Å². The molecule has 0 radical (unpaired) electrons. The summed E-state index contributed by atoms with van der Waals surface area (Å²) in [7, 11) is 0. The molecule has 0 aliphatic heterocycles. The Hall–Kier alpha value is -6.18. The van der Waals surface area contributed by atoms with Crippen LogP contribution in [-0.2, 0) is 0 Å². The fraction of sp³-hybridized carbons (Fsp3) is 0.161. The number of amides is 1. The smallest absolute Gasteiger partial charge is 0.340 e. The maximum absolute atomic E-state index is 13.9. The summed E-state index contributed by atoms with van der Waals surface area (Å²) in [6, 6.07) is 2.67. The zero-order valence-corrected chi connectivity index (χ0v) is 23.7. The maximum Gasteiger partial charge on any atom is 0.340 e. The number of carbonyl (C=O) groups excluding carboxylic acids is 3. The molecule has 0 aliphatic carbocycles. The summed E-state index contributed by atoms with van der Waals surface area (Å²) >= 11 is 0. The monoisotopic (exact) mass is 617 g/mol. The Morgan fingerprint density at radius 1 is 0.800 bits per heavy atom. The predicted molar refractivity (Wildman–Crippen MR) is 158 cm³/mol. The molecule has 6 N–H and O–H groups in total. The van der Waals surface area contributed by atoms with E-state index in [4.69, 9.17) is 8.83 Å². The van der Waals surface area contributed by atoms with Gasteiger partial charge in [0.15, 0.2) is 34.6 Å². The minimum Gasteiger partial charge on any atom is -0.504 e. The van der Waals surface area contributed by atoms with Crippen molar-refractivity contribution in [3.63, 3.8) is 0 Å². The lowest BCUT2D eigenvalue weighted by atomic mass is 9.88. The van der Waals surface area contributed by atoms with Crippen LogP contribution >= 0.6 is 0 Å². The molecule has 2 aromatic heterocycles. The number of hydrogen-bond acceptors (Lipinski definition) is 12. The van der Waals surface area contributed by atoms with Crippen LogP contribution in [0.15, 0.2) is 42.9 Å². The van der Waals surface area contributed by atoms with E-state index in [0.29, 0.717) is 6.42 Å². The number of carbonyl (C=O) groups is 4. The summed E-state index contributed by atoms with van der Waals surface area (Å²) in [5.41, 5.74) is -6.77. The van der Waals surface area contributed by atoms with Gasteiger partial charge in [0.2, 0.25) is 10.9 Å². The molecular formula is C31H23NO13. The molecule has 0 bridgehead atoms. The van der Waals surface area contributed by atoms with Crippen LogP contribution in [-0.4, -0.2) is 55.5 Å². The van der Waals surface area contributed by atoms with Crippen LogP contribution in [0, 0.1) is 0 Å². The lowest BCUT2D eigenvalue weighted by molar-refractivity contribution is 0.0694. The Bertz CT molecular complexity index is 2290. The van der Waals surface area contributed by atoms with Crippen molar-refractivity contribution >= 4 is 56.4 Å². The van der Waals surface area contributed by atoms with Crippen molar-refractivity contribution in [3.05, 3.63) is 67.2 Å². The van der Waals surface area contributed by atoms with E-state index in [1.807, 2.05) is 0 Å². The number of phenols is 4. The first-order valence-electron chi connectivity index (χ1n) is 13.3. The molecular weight excluding hydrogens is 594 g/mol. The minimum absolute atomic E-state index is 0.163. The molecule has 0 saturated heterocycles. The number of benzene rings is 3. The van der Waals surface area contributed by atoms with E-state index >= 15 is 0 Å². The summed E-state index contributed by atoms with van der Waals surface area (Å²) in [4.78, 5) is 78.9. The predicted octanol–water partition coefficient (Wildman–Crippen LogP) is 3.79. The number of aromatic carboxylic acids is 1. The van der Waals surface area contributed by atoms with Crippen molar-refractivity contribution in [1.29, 1.82) is 0 Å². The third-order valence-corrected chi connectivity index (χ3v) is 7.20. The van der Waals surface area contributed by atoms with Crippen LogP contribution in [0.4, 0.5) is 0 Å². The van der Waals surface area contributed by atoms with E-state index in [-0.39, 0.29) is 12.1 Å².